The summed E-state index contributed by atoms with van der Waals surface area (Å²) >= 11 is 0. The lowest BCUT2D eigenvalue weighted by molar-refractivity contribution is 0.0688. The third-order valence-electron chi connectivity index (χ3n) is 2.29. The van der Waals surface area contributed by atoms with Crippen molar-refractivity contribution in [2.45, 2.75) is 38.7 Å². The maximum atomic E-state index is 10.9. The Balaban J connectivity index is 2.33. The maximum Gasteiger partial charge on any atom is 0.342 e. The van der Waals surface area contributed by atoms with Crippen LogP contribution in [0.3, 0.4) is 0 Å². The largest absolute Gasteiger partial charge is 0.477 e. The zero-order chi connectivity index (χ0) is 11.7. The molecule has 1 aromatic rings. The summed E-state index contributed by atoms with van der Waals surface area (Å²) in [6.45, 7) is 3.68. The Labute approximate surface area is 93.5 Å². The first-order valence-electron chi connectivity index (χ1n) is 5.35. The van der Waals surface area contributed by atoms with Crippen molar-refractivity contribution in [2.75, 3.05) is 0 Å². The predicted octanol–water partition coefficient (Wildman–Crippen LogP) is 1.84. The van der Waals surface area contributed by atoms with E-state index < -0.39 is 5.97 Å². The Morgan fingerprint density at radius 2 is 2.25 bits per heavy atom. The van der Waals surface area contributed by atoms with E-state index in [1.807, 2.05) is 13.8 Å². The van der Waals surface area contributed by atoms with Crippen LogP contribution in [-0.2, 0) is 0 Å². The second-order valence-corrected chi connectivity index (χ2v) is 4.19. The number of rotatable bonds is 4. The second-order valence-electron chi connectivity index (χ2n) is 4.19. The summed E-state index contributed by atoms with van der Waals surface area (Å²) in [6.07, 6.45) is 3.39. The van der Waals surface area contributed by atoms with Crippen LogP contribution in [0.25, 0.3) is 0 Å². The number of carboxylic acids is 1. The van der Waals surface area contributed by atoms with Gasteiger partial charge < -0.3 is 9.84 Å². The molecule has 86 valence electrons. The van der Waals surface area contributed by atoms with Gasteiger partial charge in [0.2, 0.25) is 5.88 Å². The van der Waals surface area contributed by atoms with E-state index in [0.29, 0.717) is 11.7 Å². The Kier molecular flexibility index (Phi) is 2.77. The molecule has 0 unspecified atom stereocenters. The number of hydrogen-bond acceptors (Lipinski definition) is 4. The standard InChI is InChI=1S/C11H14N2O3/c1-6(2)16-10-8(11(14)15)5-12-9(13-10)7-3-4-7/h5-7H,3-4H2,1-2H3,(H,14,15). The van der Waals surface area contributed by atoms with Crippen LogP contribution in [0.4, 0.5) is 0 Å². The van der Waals surface area contributed by atoms with Crippen LogP contribution >= 0.6 is 0 Å². The van der Waals surface area contributed by atoms with Gasteiger partial charge in [-0.3, -0.25) is 0 Å². The highest BCUT2D eigenvalue weighted by atomic mass is 16.5. The smallest absolute Gasteiger partial charge is 0.342 e. The molecule has 1 aliphatic rings. The van der Waals surface area contributed by atoms with Crippen LogP contribution in [0.15, 0.2) is 6.20 Å². The molecule has 0 saturated heterocycles. The molecule has 0 spiro atoms. The molecule has 0 aromatic carbocycles. The van der Waals surface area contributed by atoms with E-state index in [1.54, 1.807) is 0 Å². The lowest BCUT2D eigenvalue weighted by Crippen LogP contribution is -2.13. The highest BCUT2D eigenvalue weighted by Gasteiger charge is 2.28. The molecule has 5 nitrogen and oxygen atoms in total. The van der Waals surface area contributed by atoms with Gasteiger partial charge in [0.05, 0.1) is 6.10 Å². The van der Waals surface area contributed by atoms with Gasteiger partial charge in [0.25, 0.3) is 0 Å². The molecule has 1 aromatic heterocycles. The van der Waals surface area contributed by atoms with Gasteiger partial charge in [0.1, 0.15) is 11.4 Å². The number of aromatic nitrogens is 2. The molecular formula is C11H14N2O3. The molecule has 2 rings (SSSR count). The number of carbonyl (C=O) groups is 1. The number of carboxylic acid groups (broad SMARTS) is 1. The third-order valence-corrected chi connectivity index (χ3v) is 2.29. The molecule has 0 bridgehead atoms. The molecule has 0 aliphatic heterocycles. The summed E-state index contributed by atoms with van der Waals surface area (Å²) < 4.78 is 5.39. The van der Waals surface area contributed by atoms with Crippen LogP contribution in [0.5, 0.6) is 5.88 Å². The Hall–Kier alpha value is -1.65. The summed E-state index contributed by atoms with van der Waals surface area (Å²) in [5.41, 5.74) is 0.0260. The van der Waals surface area contributed by atoms with Crippen molar-refractivity contribution in [3.63, 3.8) is 0 Å². The molecule has 0 amide bonds. The molecule has 5 heteroatoms. The molecule has 0 radical (unpaired) electrons. The van der Waals surface area contributed by atoms with Crippen molar-refractivity contribution in [3.8, 4) is 5.88 Å². The van der Waals surface area contributed by atoms with Crippen molar-refractivity contribution in [2.24, 2.45) is 0 Å². The van der Waals surface area contributed by atoms with Gasteiger partial charge in [-0.15, -0.1) is 0 Å². The van der Waals surface area contributed by atoms with E-state index in [4.69, 9.17) is 9.84 Å². The van der Waals surface area contributed by atoms with E-state index in [0.717, 1.165) is 12.8 Å². The Morgan fingerprint density at radius 1 is 1.56 bits per heavy atom. The van der Waals surface area contributed by atoms with E-state index in [9.17, 15) is 4.79 Å². The predicted molar refractivity (Wildman–Crippen MR) is 56.7 cm³/mol. The zero-order valence-electron chi connectivity index (χ0n) is 9.30. The minimum atomic E-state index is -1.06. The summed E-state index contributed by atoms with van der Waals surface area (Å²) in [5.74, 6) is 0.204. The van der Waals surface area contributed by atoms with Crippen molar-refractivity contribution in [1.29, 1.82) is 0 Å². The summed E-state index contributed by atoms with van der Waals surface area (Å²) in [7, 11) is 0. The first kappa shape index (κ1) is 10.9. The van der Waals surface area contributed by atoms with Crippen molar-refractivity contribution in [1.82, 2.24) is 9.97 Å². The lowest BCUT2D eigenvalue weighted by Gasteiger charge is -2.11. The van der Waals surface area contributed by atoms with Crippen LogP contribution < -0.4 is 4.74 Å². The zero-order valence-corrected chi connectivity index (χ0v) is 9.30. The van der Waals surface area contributed by atoms with Crippen LogP contribution in [0.2, 0.25) is 0 Å². The summed E-state index contributed by atoms with van der Waals surface area (Å²) in [4.78, 5) is 19.2. The summed E-state index contributed by atoms with van der Waals surface area (Å²) in [6, 6.07) is 0. The average molecular weight is 222 g/mol. The van der Waals surface area contributed by atoms with Gasteiger partial charge in [-0.25, -0.2) is 9.78 Å². The van der Waals surface area contributed by atoms with Gasteiger partial charge in [-0.05, 0) is 26.7 Å². The lowest BCUT2D eigenvalue weighted by atomic mass is 10.3. The highest BCUT2D eigenvalue weighted by Crippen LogP contribution is 2.38. The van der Waals surface area contributed by atoms with Crippen LogP contribution in [-0.4, -0.2) is 27.1 Å². The van der Waals surface area contributed by atoms with Gasteiger partial charge in [-0.2, -0.15) is 4.98 Å². The number of aromatic carboxylic acids is 1. The normalized spacial score (nSPS) is 15.2. The Morgan fingerprint density at radius 3 is 2.75 bits per heavy atom. The van der Waals surface area contributed by atoms with E-state index in [1.165, 1.54) is 6.20 Å². The van der Waals surface area contributed by atoms with Crippen molar-refractivity contribution < 1.29 is 14.6 Å². The van der Waals surface area contributed by atoms with Crippen molar-refractivity contribution in [3.05, 3.63) is 17.6 Å². The fourth-order valence-corrected chi connectivity index (χ4v) is 1.38. The quantitative estimate of drug-likeness (QED) is 0.841. The van der Waals surface area contributed by atoms with E-state index in [2.05, 4.69) is 9.97 Å². The highest BCUT2D eigenvalue weighted by molar-refractivity contribution is 5.89. The van der Waals surface area contributed by atoms with Crippen LogP contribution in [0, 0.1) is 0 Å². The first-order chi connectivity index (χ1) is 7.58. The van der Waals surface area contributed by atoms with Gasteiger partial charge >= 0.3 is 5.97 Å². The SMILES string of the molecule is CC(C)Oc1nc(C2CC2)ncc1C(=O)O. The van der Waals surface area contributed by atoms with Gasteiger partial charge in [0, 0.05) is 12.1 Å². The molecule has 1 N–H and O–H groups in total. The van der Waals surface area contributed by atoms with E-state index in [-0.39, 0.29) is 17.5 Å². The molecule has 1 aliphatic carbocycles. The maximum absolute atomic E-state index is 10.9. The third kappa shape index (κ3) is 2.29. The molecule has 1 heterocycles. The fourth-order valence-electron chi connectivity index (χ4n) is 1.38. The Bertz CT molecular complexity index is 414. The monoisotopic (exact) mass is 222 g/mol. The first-order valence-corrected chi connectivity index (χ1v) is 5.35. The van der Waals surface area contributed by atoms with Crippen molar-refractivity contribution >= 4 is 5.97 Å². The number of ether oxygens (including phenoxy) is 1. The fraction of sp³-hybridized carbons (Fsp3) is 0.545. The molecule has 1 fully saturated rings. The molecule has 16 heavy (non-hydrogen) atoms. The molecule has 1 saturated carbocycles. The number of nitrogens with zero attached hydrogens (tertiary/aromatic N) is 2. The van der Waals surface area contributed by atoms with Gasteiger partial charge in [-0.1, -0.05) is 0 Å². The van der Waals surface area contributed by atoms with Gasteiger partial charge in [0.15, 0.2) is 0 Å². The topological polar surface area (TPSA) is 72.3 Å². The minimum absolute atomic E-state index is 0.0260. The summed E-state index contributed by atoms with van der Waals surface area (Å²) in [5, 5.41) is 8.96. The van der Waals surface area contributed by atoms with E-state index >= 15 is 0 Å². The molecular weight excluding hydrogens is 208 g/mol. The number of hydrogen-bond donors (Lipinski definition) is 1. The molecule has 0 atom stereocenters. The minimum Gasteiger partial charge on any atom is -0.477 e. The average Bonchev–Trinajstić information content (AvgIpc) is 2.99. The second kappa shape index (κ2) is 4.08. The van der Waals surface area contributed by atoms with Crippen LogP contribution in [0.1, 0.15) is 48.8 Å².